The van der Waals surface area contributed by atoms with Crippen molar-refractivity contribution in [2.24, 2.45) is 5.73 Å². The highest BCUT2D eigenvalue weighted by Crippen LogP contribution is 2.43. The molecule has 0 aromatic rings. The van der Waals surface area contributed by atoms with Crippen molar-refractivity contribution in [2.75, 3.05) is 26.4 Å². The van der Waals surface area contributed by atoms with Gasteiger partial charge in [-0.2, -0.15) is 0 Å². The molecule has 2 unspecified atom stereocenters. The number of carbonyl (C=O) groups excluding carboxylic acids is 2. The molecule has 9 nitrogen and oxygen atoms in total. The molecule has 10 heteroatoms. The Balaban J connectivity index is 3.81. The van der Waals surface area contributed by atoms with Gasteiger partial charge >= 0.3 is 19.8 Å². The molecule has 0 heterocycles. The van der Waals surface area contributed by atoms with Crippen LogP contribution in [0.15, 0.2) is 97.2 Å². The van der Waals surface area contributed by atoms with Crippen molar-refractivity contribution in [3.05, 3.63) is 97.2 Å². The summed E-state index contributed by atoms with van der Waals surface area (Å²) in [6.45, 7) is 3.67. The molecule has 0 bridgehead atoms. The maximum Gasteiger partial charge on any atom is 0.472 e. The van der Waals surface area contributed by atoms with Crippen LogP contribution in [0.2, 0.25) is 0 Å². The first-order valence-electron chi connectivity index (χ1n) is 37.7. The standard InChI is InChI=1S/C79H142NO8P/c1-3-5-7-9-11-13-15-17-19-21-23-25-27-29-31-33-34-35-36-37-38-39-40-41-42-44-46-48-50-52-54-56-58-60-62-64-66-68-70-72-79(82)88-77(76-87-89(83,84)86-74-73-80)75-85-78(81)71-69-67-65-63-61-59-57-55-53-51-49-47-45-43-32-30-28-26-24-22-20-18-16-14-12-10-8-6-4-2/h5,7,11,13,16-19,22-25,29,31,34-35,77H,3-4,6,8-10,12,14-15,20-21,26-28,30,32-33,36-76,80H2,1-2H3,(H,83,84)/b7-5-,13-11-,18-16-,19-17-,24-22-,25-23-,31-29-,35-34-. The van der Waals surface area contributed by atoms with Gasteiger partial charge in [0.25, 0.3) is 0 Å². The third kappa shape index (κ3) is 73.9. The van der Waals surface area contributed by atoms with Gasteiger partial charge in [-0.05, 0) is 96.3 Å². The van der Waals surface area contributed by atoms with Crippen LogP contribution in [0.1, 0.15) is 361 Å². The molecule has 0 rings (SSSR count). The van der Waals surface area contributed by atoms with E-state index in [1.165, 1.54) is 244 Å². The number of carbonyl (C=O) groups is 2. The van der Waals surface area contributed by atoms with Crippen molar-refractivity contribution in [3.63, 3.8) is 0 Å². The van der Waals surface area contributed by atoms with E-state index in [0.29, 0.717) is 6.42 Å². The second-order valence-corrected chi connectivity index (χ2v) is 26.6. The van der Waals surface area contributed by atoms with Crippen LogP contribution in [0.3, 0.4) is 0 Å². The quantitative estimate of drug-likeness (QED) is 0.0264. The lowest BCUT2D eigenvalue weighted by Crippen LogP contribution is -2.29. The Labute approximate surface area is 550 Å². The fraction of sp³-hybridized carbons (Fsp3) is 0.772. The first-order chi connectivity index (χ1) is 43.8. The second kappa shape index (κ2) is 74.0. The predicted molar refractivity (Wildman–Crippen MR) is 385 cm³/mol. The Kier molecular flexibility index (Phi) is 71.4. The summed E-state index contributed by atoms with van der Waals surface area (Å²) in [5.41, 5.74) is 5.41. The topological polar surface area (TPSA) is 134 Å². The summed E-state index contributed by atoms with van der Waals surface area (Å²) in [5.74, 6) is -0.811. The highest BCUT2D eigenvalue weighted by Gasteiger charge is 2.26. The van der Waals surface area contributed by atoms with E-state index in [-0.39, 0.29) is 38.6 Å². The zero-order valence-corrected chi connectivity index (χ0v) is 59.1. The van der Waals surface area contributed by atoms with Gasteiger partial charge in [0.1, 0.15) is 6.61 Å². The lowest BCUT2D eigenvalue weighted by atomic mass is 10.0. The zero-order valence-electron chi connectivity index (χ0n) is 58.2. The van der Waals surface area contributed by atoms with Crippen molar-refractivity contribution >= 4 is 19.8 Å². The molecule has 0 aromatic carbocycles. The van der Waals surface area contributed by atoms with E-state index in [1.807, 2.05) is 0 Å². The molecular formula is C79H142NO8P. The number of rotatable bonds is 71. The molecule has 0 radical (unpaired) electrons. The van der Waals surface area contributed by atoms with Gasteiger partial charge < -0.3 is 20.1 Å². The van der Waals surface area contributed by atoms with E-state index in [0.717, 1.165) is 83.5 Å². The van der Waals surface area contributed by atoms with Gasteiger partial charge in [-0.1, -0.05) is 349 Å². The highest BCUT2D eigenvalue weighted by molar-refractivity contribution is 7.47. The average Bonchev–Trinajstić information content (AvgIpc) is 3.68. The van der Waals surface area contributed by atoms with E-state index >= 15 is 0 Å². The van der Waals surface area contributed by atoms with Gasteiger partial charge in [-0.15, -0.1) is 0 Å². The second-order valence-electron chi connectivity index (χ2n) is 25.1. The molecule has 0 saturated carbocycles. The Morgan fingerprint density at radius 2 is 0.618 bits per heavy atom. The van der Waals surface area contributed by atoms with Gasteiger partial charge in [0.05, 0.1) is 13.2 Å². The van der Waals surface area contributed by atoms with Gasteiger partial charge in [-0.25, -0.2) is 4.57 Å². The molecule has 2 atom stereocenters. The molecule has 3 N–H and O–H groups in total. The molecule has 0 spiro atoms. The fourth-order valence-corrected chi connectivity index (χ4v) is 11.7. The minimum Gasteiger partial charge on any atom is -0.462 e. The summed E-state index contributed by atoms with van der Waals surface area (Å²) < 4.78 is 33.2. The Bertz CT molecular complexity index is 1780. The van der Waals surface area contributed by atoms with Gasteiger partial charge in [0.2, 0.25) is 0 Å². The Hall–Kier alpha value is -3.07. The normalized spacial score (nSPS) is 13.4. The van der Waals surface area contributed by atoms with Crippen molar-refractivity contribution in [1.29, 1.82) is 0 Å². The molecule has 89 heavy (non-hydrogen) atoms. The maximum atomic E-state index is 12.8. The lowest BCUT2D eigenvalue weighted by Gasteiger charge is -2.19. The predicted octanol–water partition coefficient (Wildman–Crippen LogP) is 25.1. The first-order valence-corrected chi connectivity index (χ1v) is 39.2. The van der Waals surface area contributed by atoms with E-state index in [4.69, 9.17) is 24.3 Å². The molecule has 0 saturated heterocycles. The summed E-state index contributed by atoms with van der Waals surface area (Å²) in [7, 11) is -4.40. The Morgan fingerprint density at radius 1 is 0.348 bits per heavy atom. The minimum absolute atomic E-state index is 0.0531. The third-order valence-corrected chi connectivity index (χ3v) is 17.4. The van der Waals surface area contributed by atoms with Crippen LogP contribution in [0.25, 0.3) is 0 Å². The first kappa shape index (κ1) is 85.9. The highest BCUT2D eigenvalue weighted by atomic mass is 31.2. The number of esters is 2. The molecule has 0 aromatic heterocycles. The summed E-state index contributed by atoms with van der Waals surface area (Å²) in [6, 6.07) is 0. The van der Waals surface area contributed by atoms with Crippen LogP contribution in [0.5, 0.6) is 0 Å². The summed E-state index contributed by atoms with van der Waals surface area (Å²) >= 11 is 0. The van der Waals surface area contributed by atoms with E-state index in [1.54, 1.807) is 0 Å². The average molecular weight is 1260 g/mol. The van der Waals surface area contributed by atoms with Crippen molar-refractivity contribution in [1.82, 2.24) is 0 Å². The molecule has 0 aliphatic rings. The number of unbranched alkanes of at least 4 members (excludes halogenated alkanes) is 42. The van der Waals surface area contributed by atoms with E-state index in [2.05, 4.69) is 111 Å². The number of phosphoric ester groups is 1. The number of hydrogen-bond acceptors (Lipinski definition) is 8. The third-order valence-electron chi connectivity index (χ3n) is 16.5. The number of ether oxygens (including phenoxy) is 2. The SMILES string of the molecule is CC/C=C\C/C=C\C/C=C\C/C=C\C/C=C\C/C=C\CCCCCCCCCCCCCCCCCCCCCCC(=O)OC(COC(=O)CCCCCCCCCCCCCCCCCCC/C=C\C/C=C\CCCCCCC)COP(=O)(O)OCCN. The number of nitrogens with two attached hydrogens (primary N) is 1. The molecular weight excluding hydrogens is 1120 g/mol. The monoisotopic (exact) mass is 1260 g/mol. The van der Waals surface area contributed by atoms with Crippen molar-refractivity contribution in [3.8, 4) is 0 Å². The fourth-order valence-electron chi connectivity index (χ4n) is 10.9. The van der Waals surface area contributed by atoms with Gasteiger partial charge in [0.15, 0.2) is 6.10 Å². The number of phosphoric acid groups is 1. The van der Waals surface area contributed by atoms with E-state index < -0.39 is 26.5 Å². The van der Waals surface area contributed by atoms with Crippen LogP contribution in [0, 0.1) is 0 Å². The minimum atomic E-state index is -4.40. The van der Waals surface area contributed by atoms with Crippen LogP contribution >= 0.6 is 7.82 Å². The smallest absolute Gasteiger partial charge is 0.462 e. The molecule has 516 valence electrons. The van der Waals surface area contributed by atoms with Crippen molar-refractivity contribution < 1.29 is 37.6 Å². The maximum absolute atomic E-state index is 12.8. The van der Waals surface area contributed by atoms with Crippen LogP contribution < -0.4 is 5.73 Å². The molecule has 0 amide bonds. The number of hydrogen-bond donors (Lipinski definition) is 2. The van der Waals surface area contributed by atoms with Crippen LogP contribution in [-0.4, -0.2) is 49.3 Å². The molecule has 0 aliphatic heterocycles. The van der Waals surface area contributed by atoms with Crippen LogP contribution in [-0.2, 0) is 32.7 Å². The van der Waals surface area contributed by atoms with Crippen molar-refractivity contribution in [2.45, 2.75) is 367 Å². The lowest BCUT2D eigenvalue weighted by molar-refractivity contribution is -0.161. The zero-order chi connectivity index (χ0) is 64.4. The van der Waals surface area contributed by atoms with Gasteiger partial charge in [-0.3, -0.25) is 18.6 Å². The number of allylic oxidation sites excluding steroid dienone is 16. The summed E-state index contributed by atoms with van der Waals surface area (Å²) in [4.78, 5) is 35.4. The molecule has 0 aliphatic carbocycles. The largest absolute Gasteiger partial charge is 0.472 e. The van der Waals surface area contributed by atoms with E-state index in [9.17, 15) is 19.0 Å². The van der Waals surface area contributed by atoms with Gasteiger partial charge in [0, 0.05) is 19.4 Å². The summed E-state index contributed by atoms with van der Waals surface area (Å²) in [5, 5.41) is 0. The van der Waals surface area contributed by atoms with Crippen LogP contribution in [0.4, 0.5) is 0 Å². The molecule has 0 fully saturated rings. The summed E-state index contributed by atoms with van der Waals surface area (Å²) in [6.07, 6.45) is 101. The Morgan fingerprint density at radius 3 is 0.921 bits per heavy atom.